The number of aromatic nitrogens is 1. The maximum absolute atomic E-state index is 13.7. The average Bonchev–Trinajstić information content (AvgIpc) is 2.94. The van der Waals surface area contributed by atoms with Crippen LogP contribution < -0.4 is 5.43 Å². The maximum atomic E-state index is 13.7. The van der Waals surface area contributed by atoms with Crippen LogP contribution in [0.2, 0.25) is 0 Å². The minimum Gasteiger partial charge on any atom is -0.253 e. The highest BCUT2D eigenvalue weighted by atomic mass is 32.1. The van der Waals surface area contributed by atoms with Crippen LogP contribution in [-0.2, 0) is 0 Å². The molecule has 1 aromatic heterocycles. The number of anilines is 1. The SMILES string of the molecule is C[C@@H]1CCC/C(=N/Nc2nc(-c3ccc(F)cc3F)cs2)C1. The van der Waals surface area contributed by atoms with Crippen LogP contribution in [0.15, 0.2) is 28.7 Å². The number of halogens is 2. The molecule has 0 radical (unpaired) electrons. The molecule has 0 aliphatic heterocycles. The lowest BCUT2D eigenvalue weighted by Gasteiger charge is -2.18. The highest BCUT2D eigenvalue weighted by Gasteiger charge is 2.14. The van der Waals surface area contributed by atoms with Crippen molar-refractivity contribution in [2.75, 3.05) is 5.43 Å². The van der Waals surface area contributed by atoms with E-state index in [1.54, 1.807) is 5.38 Å². The van der Waals surface area contributed by atoms with Gasteiger partial charge in [-0.15, -0.1) is 11.3 Å². The van der Waals surface area contributed by atoms with E-state index < -0.39 is 11.6 Å². The van der Waals surface area contributed by atoms with E-state index in [0.29, 0.717) is 22.3 Å². The van der Waals surface area contributed by atoms with Crippen molar-refractivity contribution in [1.82, 2.24) is 4.98 Å². The average molecular weight is 321 g/mol. The fraction of sp³-hybridized carbons (Fsp3) is 0.375. The Kier molecular flexibility index (Phi) is 4.47. The molecule has 0 amide bonds. The minimum absolute atomic E-state index is 0.296. The summed E-state index contributed by atoms with van der Waals surface area (Å²) < 4.78 is 26.7. The molecule has 1 aliphatic carbocycles. The summed E-state index contributed by atoms with van der Waals surface area (Å²) in [5, 5.41) is 6.76. The Balaban J connectivity index is 1.72. The third-order valence-corrected chi connectivity index (χ3v) is 4.51. The topological polar surface area (TPSA) is 37.3 Å². The summed E-state index contributed by atoms with van der Waals surface area (Å²) in [5.74, 6) is -0.522. The molecule has 6 heteroatoms. The number of thiazole rings is 1. The zero-order chi connectivity index (χ0) is 15.5. The molecule has 3 rings (SSSR count). The zero-order valence-corrected chi connectivity index (χ0v) is 13.1. The first-order valence-corrected chi connectivity index (χ1v) is 8.22. The number of benzene rings is 1. The van der Waals surface area contributed by atoms with Gasteiger partial charge in [-0.2, -0.15) is 5.10 Å². The molecule has 22 heavy (non-hydrogen) atoms. The fourth-order valence-corrected chi connectivity index (χ4v) is 3.29. The Labute approximate surface area is 132 Å². The number of nitrogens with one attached hydrogen (secondary N) is 1. The summed E-state index contributed by atoms with van der Waals surface area (Å²) in [6, 6.07) is 3.50. The Morgan fingerprint density at radius 3 is 3.00 bits per heavy atom. The van der Waals surface area contributed by atoms with Crippen molar-refractivity contribution in [3.63, 3.8) is 0 Å². The molecule has 3 nitrogen and oxygen atoms in total. The van der Waals surface area contributed by atoms with Crippen molar-refractivity contribution in [3.8, 4) is 11.3 Å². The van der Waals surface area contributed by atoms with E-state index in [2.05, 4.69) is 22.4 Å². The summed E-state index contributed by atoms with van der Waals surface area (Å²) in [4.78, 5) is 4.31. The first kappa shape index (κ1) is 15.1. The molecule has 1 aromatic carbocycles. The third kappa shape index (κ3) is 3.50. The second-order valence-corrected chi connectivity index (χ2v) is 6.51. The van der Waals surface area contributed by atoms with Crippen LogP contribution in [0.3, 0.4) is 0 Å². The summed E-state index contributed by atoms with van der Waals surface area (Å²) >= 11 is 1.36. The largest absolute Gasteiger partial charge is 0.253 e. The van der Waals surface area contributed by atoms with Crippen molar-refractivity contribution in [2.24, 2.45) is 11.0 Å². The van der Waals surface area contributed by atoms with Crippen molar-refractivity contribution in [3.05, 3.63) is 35.2 Å². The Morgan fingerprint density at radius 1 is 1.36 bits per heavy atom. The van der Waals surface area contributed by atoms with Crippen LogP contribution >= 0.6 is 11.3 Å². The third-order valence-electron chi connectivity index (χ3n) is 3.77. The molecule has 1 aliphatic rings. The van der Waals surface area contributed by atoms with Gasteiger partial charge in [0.05, 0.1) is 5.69 Å². The van der Waals surface area contributed by atoms with Crippen molar-refractivity contribution in [2.45, 2.75) is 32.6 Å². The van der Waals surface area contributed by atoms with Gasteiger partial charge in [-0.1, -0.05) is 6.92 Å². The van der Waals surface area contributed by atoms with Crippen molar-refractivity contribution >= 4 is 22.2 Å². The molecular weight excluding hydrogens is 304 g/mol. The van der Waals surface area contributed by atoms with Crippen LogP contribution in [0.4, 0.5) is 13.9 Å². The van der Waals surface area contributed by atoms with Gasteiger partial charge < -0.3 is 0 Å². The number of hydrogen-bond donors (Lipinski definition) is 1. The molecule has 2 aromatic rings. The van der Waals surface area contributed by atoms with Crippen LogP contribution in [0.25, 0.3) is 11.3 Å². The van der Waals surface area contributed by atoms with E-state index in [4.69, 9.17) is 0 Å². The normalized spacial score (nSPS) is 20.3. The number of hydrogen-bond acceptors (Lipinski definition) is 4. The van der Waals surface area contributed by atoms with Gasteiger partial charge in [0.15, 0.2) is 0 Å². The summed E-state index contributed by atoms with van der Waals surface area (Å²) in [6.45, 7) is 2.23. The maximum Gasteiger partial charge on any atom is 0.203 e. The first-order valence-electron chi connectivity index (χ1n) is 7.34. The van der Waals surface area contributed by atoms with Gasteiger partial charge >= 0.3 is 0 Å². The lowest BCUT2D eigenvalue weighted by atomic mass is 9.89. The quantitative estimate of drug-likeness (QED) is 0.802. The fourth-order valence-electron chi connectivity index (χ4n) is 2.64. The number of rotatable bonds is 3. The minimum atomic E-state index is -0.607. The molecule has 0 unspecified atom stereocenters. The van der Waals surface area contributed by atoms with E-state index in [9.17, 15) is 8.78 Å². The van der Waals surface area contributed by atoms with Gasteiger partial charge in [-0.05, 0) is 43.7 Å². The molecule has 0 spiro atoms. The standard InChI is InChI=1S/C16H17F2N3S/c1-10-3-2-4-12(7-10)20-21-16-19-15(9-22-16)13-6-5-11(17)8-14(13)18/h5-6,8-10H,2-4,7H2,1H3,(H,19,21)/b20-12-/t10-/m1/s1. The predicted molar refractivity (Wildman–Crippen MR) is 86.2 cm³/mol. The smallest absolute Gasteiger partial charge is 0.203 e. The van der Waals surface area contributed by atoms with Crippen LogP contribution in [0.5, 0.6) is 0 Å². The molecule has 1 heterocycles. The Morgan fingerprint density at radius 2 is 2.23 bits per heavy atom. The van der Waals surface area contributed by atoms with Crippen LogP contribution in [0, 0.1) is 17.6 Å². The van der Waals surface area contributed by atoms with Gasteiger partial charge in [0, 0.05) is 22.7 Å². The van der Waals surface area contributed by atoms with Gasteiger partial charge in [0.2, 0.25) is 5.13 Å². The number of hydrazone groups is 1. The lowest BCUT2D eigenvalue weighted by molar-refractivity contribution is 0.500. The monoisotopic (exact) mass is 321 g/mol. The molecule has 1 saturated carbocycles. The molecule has 1 N–H and O–H groups in total. The number of nitrogens with zero attached hydrogens (tertiary/aromatic N) is 2. The molecule has 0 saturated heterocycles. The van der Waals surface area contributed by atoms with Gasteiger partial charge in [0.1, 0.15) is 11.6 Å². The second kappa shape index (κ2) is 6.52. The summed E-state index contributed by atoms with van der Waals surface area (Å²) in [7, 11) is 0. The van der Waals surface area contributed by atoms with Crippen LogP contribution in [-0.4, -0.2) is 10.7 Å². The highest BCUT2D eigenvalue weighted by molar-refractivity contribution is 7.14. The van der Waals surface area contributed by atoms with E-state index in [1.165, 1.54) is 36.3 Å². The summed E-state index contributed by atoms with van der Waals surface area (Å²) in [6.07, 6.45) is 4.45. The van der Waals surface area contributed by atoms with E-state index in [1.807, 2.05) is 0 Å². The Hall–Kier alpha value is -1.82. The van der Waals surface area contributed by atoms with Gasteiger partial charge in [-0.3, -0.25) is 5.43 Å². The first-order chi connectivity index (χ1) is 10.6. The molecule has 116 valence electrons. The Bertz CT molecular complexity index is 696. The molecule has 1 atom stereocenters. The van der Waals surface area contributed by atoms with Crippen molar-refractivity contribution < 1.29 is 8.78 Å². The van der Waals surface area contributed by atoms with Gasteiger partial charge in [0.25, 0.3) is 0 Å². The molecular formula is C16H17F2N3S. The zero-order valence-electron chi connectivity index (χ0n) is 12.3. The molecule has 0 bridgehead atoms. The predicted octanol–water partition coefficient (Wildman–Crippen LogP) is 5.07. The second-order valence-electron chi connectivity index (χ2n) is 5.65. The van der Waals surface area contributed by atoms with Crippen LogP contribution in [0.1, 0.15) is 32.6 Å². The van der Waals surface area contributed by atoms with E-state index >= 15 is 0 Å². The van der Waals surface area contributed by atoms with E-state index in [0.717, 1.165) is 24.6 Å². The highest BCUT2D eigenvalue weighted by Crippen LogP contribution is 2.28. The summed E-state index contributed by atoms with van der Waals surface area (Å²) in [5.41, 5.74) is 4.89. The van der Waals surface area contributed by atoms with Gasteiger partial charge in [-0.25, -0.2) is 13.8 Å². The van der Waals surface area contributed by atoms with E-state index in [-0.39, 0.29) is 0 Å². The lowest BCUT2D eigenvalue weighted by Crippen LogP contribution is -2.13. The molecule has 1 fully saturated rings. The van der Waals surface area contributed by atoms with Crippen molar-refractivity contribution in [1.29, 1.82) is 0 Å².